The van der Waals surface area contributed by atoms with Crippen LogP contribution in [-0.2, 0) is 11.2 Å². The van der Waals surface area contributed by atoms with Crippen LogP contribution in [0.3, 0.4) is 0 Å². The summed E-state index contributed by atoms with van der Waals surface area (Å²) < 4.78 is 0. The summed E-state index contributed by atoms with van der Waals surface area (Å²) in [6, 6.07) is 11.1. The average molecular weight is 377 g/mol. The molecule has 2 fully saturated rings. The first kappa shape index (κ1) is 19.2. The summed E-state index contributed by atoms with van der Waals surface area (Å²) in [7, 11) is 0. The van der Waals surface area contributed by atoms with Gasteiger partial charge in [0.05, 0.1) is 0 Å². The van der Waals surface area contributed by atoms with E-state index in [1.807, 2.05) is 6.08 Å². The summed E-state index contributed by atoms with van der Waals surface area (Å²) in [6.45, 7) is 5.39. The number of hydrogen-bond acceptors (Lipinski definition) is 2. The zero-order valence-corrected chi connectivity index (χ0v) is 17.0. The molecule has 0 aromatic heterocycles. The third-order valence-corrected chi connectivity index (χ3v) is 6.37. The molecule has 3 heteroatoms. The van der Waals surface area contributed by atoms with Crippen LogP contribution in [0.15, 0.2) is 60.0 Å². The second-order valence-corrected chi connectivity index (χ2v) is 8.42. The van der Waals surface area contributed by atoms with Crippen LogP contribution in [0.2, 0.25) is 0 Å². The van der Waals surface area contributed by atoms with Gasteiger partial charge in [-0.05, 0) is 61.8 Å². The highest BCUT2D eigenvalue weighted by atomic mass is 16.2. The Kier molecular flexibility index (Phi) is 6.14. The predicted octanol–water partition coefficient (Wildman–Crippen LogP) is 4.57. The van der Waals surface area contributed by atoms with Crippen molar-refractivity contribution in [3.63, 3.8) is 0 Å². The van der Waals surface area contributed by atoms with Crippen LogP contribution in [-0.4, -0.2) is 41.4 Å². The molecule has 1 aromatic rings. The molecule has 28 heavy (non-hydrogen) atoms. The molecule has 3 aliphatic rings. The van der Waals surface area contributed by atoms with Crippen LogP contribution in [0, 0.1) is 11.8 Å². The van der Waals surface area contributed by atoms with E-state index in [1.54, 1.807) is 0 Å². The lowest BCUT2D eigenvalue weighted by molar-refractivity contribution is -0.132. The van der Waals surface area contributed by atoms with Gasteiger partial charge in [0.25, 0.3) is 0 Å². The molecule has 2 atom stereocenters. The second kappa shape index (κ2) is 8.94. The van der Waals surface area contributed by atoms with Crippen molar-refractivity contribution < 1.29 is 4.79 Å². The number of rotatable bonds is 7. The SMILES string of the molecule is CCCC(=O)N(C1=CC=C=CC2CC12)C1CCN(CCc2ccccc2)CC1. The van der Waals surface area contributed by atoms with Gasteiger partial charge in [-0.3, -0.25) is 4.79 Å². The monoisotopic (exact) mass is 376 g/mol. The Bertz CT molecular complexity index is 767. The molecule has 0 spiro atoms. The van der Waals surface area contributed by atoms with Crippen molar-refractivity contribution in [2.45, 2.75) is 51.5 Å². The van der Waals surface area contributed by atoms with Crippen molar-refractivity contribution in [2.24, 2.45) is 11.8 Å². The Morgan fingerprint density at radius 3 is 2.75 bits per heavy atom. The molecule has 1 aromatic carbocycles. The molecule has 0 N–H and O–H groups in total. The van der Waals surface area contributed by atoms with E-state index in [9.17, 15) is 4.79 Å². The van der Waals surface area contributed by atoms with Gasteiger partial charge in [0.15, 0.2) is 0 Å². The van der Waals surface area contributed by atoms with Gasteiger partial charge in [0, 0.05) is 43.7 Å². The van der Waals surface area contributed by atoms with Crippen molar-refractivity contribution in [3.05, 3.63) is 65.6 Å². The molecule has 1 amide bonds. The van der Waals surface area contributed by atoms with Gasteiger partial charge in [0.2, 0.25) is 5.91 Å². The number of likely N-dealkylation sites (tertiary alicyclic amines) is 1. The number of allylic oxidation sites excluding steroid dienone is 3. The molecule has 148 valence electrons. The third-order valence-electron chi connectivity index (χ3n) is 6.37. The molecular weight excluding hydrogens is 344 g/mol. The van der Waals surface area contributed by atoms with Crippen molar-refractivity contribution in [2.75, 3.05) is 19.6 Å². The standard InChI is InChI=1S/C25H32N2O/c1-2-8-25(28)27(24-12-7-6-11-21-19-23(21)24)22-14-17-26(18-15-22)16-13-20-9-4-3-5-10-20/h3-5,7,9-12,21-23H,2,8,13-19H2,1H3. The lowest BCUT2D eigenvalue weighted by Gasteiger charge is -2.40. The Hall–Kier alpha value is -2.09. The molecular formula is C25H32N2O. The maximum Gasteiger partial charge on any atom is 0.226 e. The summed E-state index contributed by atoms with van der Waals surface area (Å²) in [4.78, 5) is 17.8. The Balaban J connectivity index is 1.38. The fourth-order valence-corrected chi connectivity index (χ4v) is 4.66. The molecule has 2 unspecified atom stereocenters. The Morgan fingerprint density at radius 2 is 2.00 bits per heavy atom. The van der Waals surface area contributed by atoms with Crippen molar-refractivity contribution in [1.29, 1.82) is 0 Å². The lowest BCUT2D eigenvalue weighted by atomic mass is 9.99. The summed E-state index contributed by atoms with van der Waals surface area (Å²) in [5.41, 5.74) is 5.93. The van der Waals surface area contributed by atoms with Crippen LogP contribution >= 0.6 is 0 Å². The van der Waals surface area contributed by atoms with Crippen LogP contribution in [0.4, 0.5) is 0 Å². The molecule has 4 rings (SSSR count). The van der Waals surface area contributed by atoms with Crippen LogP contribution < -0.4 is 0 Å². The average Bonchev–Trinajstić information content (AvgIpc) is 3.51. The van der Waals surface area contributed by atoms with Gasteiger partial charge in [-0.2, -0.15) is 0 Å². The van der Waals surface area contributed by atoms with E-state index in [0.717, 1.165) is 45.3 Å². The number of piperidine rings is 1. The number of fused-ring (bicyclic) bond motifs is 1. The summed E-state index contributed by atoms with van der Waals surface area (Å²) in [5, 5.41) is 0. The highest BCUT2D eigenvalue weighted by Crippen LogP contribution is 2.48. The number of benzene rings is 1. The minimum Gasteiger partial charge on any atom is -0.313 e. The molecule has 1 saturated heterocycles. The smallest absolute Gasteiger partial charge is 0.226 e. The van der Waals surface area contributed by atoms with Gasteiger partial charge < -0.3 is 9.80 Å². The maximum absolute atomic E-state index is 13.0. The molecule has 1 aliphatic heterocycles. The molecule has 0 radical (unpaired) electrons. The molecule has 3 nitrogen and oxygen atoms in total. The number of nitrogens with zero attached hydrogens (tertiary/aromatic N) is 2. The molecule has 0 bridgehead atoms. The van der Waals surface area contributed by atoms with E-state index in [4.69, 9.17) is 0 Å². The summed E-state index contributed by atoms with van der Waals surface area (Å²) >= 11 is 0. The number of hydrogen-bond donors (Lipinski definition) is 0. The first-order valence-corrected chi connectivity index (χ1v) is 11.0. The van der Waals surface area contributed by atoms with Gasteiger partial charge in [-0.25, -0.2) is 0 Å². The highest BCUT2D eigenvalue weighted by Gasteiger charge is 2.43. The zero-order chi connectivity index (χ0) is 19.3. The van der Waals surface area contributed by atoms with Crippen LogP contribution in [0.25, 0.3) is 0 Å². The van der Waals surface area contributed by atoms with E-state index in [0.29, 0.717) is 30.2 Å². The van der Waals surface area contributed by atoms with Gasteiger partial charge in [0.1, 0.15) is 0 Å². The van der Waals surface area contributed by atoms with E-state index < -0.39 is 0 Å². The highest BCUT2D eigenvalue weighted by molar-refractivity contribution is 5.78. The summed E-state index contributed by atoms with van der Waals surface area (Å²) in [5.74, 6) is 1.44. The molecule has 1 saturated carbocycles. The van der Waals surface area contributed by atoms with Crippen molar-refractivity contribution in [1.82, 2.24) is 9.80 Å². The number of carbonyl (C=O) groups is 1. The van der Waals surface area contributed by atoms with E-state index in [-0.39, 0.29) is 0 Å². The Labute approximate surface area is 169 Å². The van der Waals surface area contributed by atoms with Crippen molar-refractivity contribution >= 4 is 5.91 Å². The normalized spacial score (nSPS) is 24.4. The predicted molar refractivity (Wildman–Crippen MR) is 114 cm³/mol. The Morgan fingerprint density at radius 1 is 1.21 bits per heavy atom. The van der Waals surface area contributed by atoms with Crippen LogP contribution in [0.1, 0.15) is 44.6 Å². The first-order chi connectivity index (χ1) is 13.8. The minimum atomic E-state index is 0.317. The minimum absolute atomic E-state index is 0.317. The van der Waals surface area contributed by atoms with Crippen molar-refractivity contribution in [3.8, 4) is 0 Å². The van der Waals surface area contributed by atoms with Gasteiger partial charge >= 0.3 is 0 Å². The first-order valence-electron chi connectivity index (χ1n) is 11.0. The summed E-state index contributed by atoms with van der Waals surface area (Å²) in [6.07, 6.45) is 12.4. The largest absolute Gasteiger partial charge is 0.313 e. The zero-order valence-electron chi connectivity index (χ0n) is 17.0. The van der Waals surface area contributed by atoms with Gasteiger partial charge in [-0.1, -0.05) is 37.3 Å². The third kappa shape index (κ3) is 4.48. The lowest BCUT2D eigenvalue weighted by Crippen LogP contribution is -2.47. The van der Waals surface area contributed by atoms with Crippen LogP contribution in [0.5, 0.6) is 0 Å². The van der Waals surface area contributed by atoms with Gasteiger partial charge in [-0.15, -0.1) is 5.73 Å². The second-order valence-electron chi connectivity index (χ2n) is 8.42. The fourth-order valence-electron chi connectivity index (χ4n) is 4.66. The fraction of sp³-hybridized carbons (Fsp3) is 0.520. The topological polar surface area (TPSA) is 23.6 Å². The van der Waals surface area contributed by atoms with E-state index in [2.05, 4.69) is 64.9 Å². The molecule has 2 aliphatic carbocycles. The number of carbonyl (C=O) groups excluding carboxylic acids is 1. The van der Waals surface area contributed by atoms with E-state index in [1.165, 1.54) is 17.7 Å². The molecule has 1 heterocycles. The van der Waals surface area contributed by atoms with E-state index >= 15 is 0 Å². The maximum atomic E-state index is 13.0. The number of amides is 1. The quantitative estimate of drug-likeness (QED) is 0.651.